The summed E-state index contributed by atoms with van der Waals surface area (Å²) in [6, 6.07) is -0.928. The van der Waals surface area contributed by atoms with E-state index in [1.807, 2.05) is 0 Å². The Hall–Kier alpha value is -1.26. The summed E-state index contributed by atoms with van der Waals surface area (Å²) in [5.41, 5.74) is 7.82. The van der Waals surface area contributed by atoms with Crippen LogP contribution in [0.4, 0.5) is 0 Å². The predicted molar refractivity (Wildman–Crippen MR) is 32.3 cm³/mol. The monoisotopic (exact) mass is 145 g/mol. The summed E-state index contributed by atoms with van der Waals surface area (Å²) < 4.78 is 0. The average Bonchev–Trinajstić information content (AvgIpc) is 1.87. The standard InChI is InChI=1S/C4H7N3O3/c1-2(6-7-5)3(8)4(9)10/h2-3,8H,1H3,(H,9,10)/t2-,3+/m0/s1. The number of azide groups is 1. The Bertz CT molecular complexity index is 169. The Morgan fingerprint density at radius 2 is 2.30 bits per heavy atom. The van der Waals surface area contributed by atoms with Gasteiger partial charge in [-0.3, -0.25) is 0 Å². The molecule has 0 fully saturated rings. The molecule has 0 heterocycles. The fourth-order valence-corrected chi connectivity index (χ4v) is 0.351. The van der Waals surface area contributed by atoms with Crippen molar-refractivity contribution in [1.29, 1.82) is 0 Å². The van der Waals surface area contributed by atoms with Gasteiger partial charge in [0.2, 0.25) is 0 Å². The molecule has 0 bridgehead atoms. The van der Waals surface area contributed by atoms with Gasteiger partial charge in [0.1, 0.15) is 0 Å². The van der Waals surface area contributed by atoms with Gasteiger partial charge >= 0.3 is 5.97 Å². The van der Waals surface area contributed by atoms with E-state index in [1.165, 1.54) is 6.92 Å². The molecule has 0 saturated carbocycles. The van der Waals surface area contributed by atoms with Gasteiger partial charge in [-0.05, 0) is 5.53 Å². The molecule has 6 nitrogen and oxygen atoms in total. The number of aliphatic hydroxyl groups is 1. The fraction of sp³-hybridized carbons (Fsp3) is 0.750. The van der Waals surface area contributed by atoms with E-state index in [1.54, 1.807) is 0 Å². The Labute approximate surface area is 56.7 Å². The number of aliphatic carboxylic acids is 1. The van der Waals surface area contributed by atoms with Crippen LogP contribution >= 0.6 is 0 Å². The Kier molecular flexibility index (Phi) is 3.24. The predicted octanol–water partition coefficient (Wildman–Crippen LogP) is 0.131. The summed E-state index contributed by atoms with van der Waals surface area (Å²) in [6.07, 6.45) is -1.61. The molecule has 0 aliphatic rings. The maximum absolute atomic E-state index is 9.98. The Balaban J connectivity index is 4.06. The van der Waals surface area contributed by atoms with Crippen LogP contribution in [-0.2, 0) is 4.79 Å². The van der Waals surface area contributed by atoms with Gasteiger partial charge in [-0.2, -0.15) is 0 Å². The maximum Gasteiger partial charge on any atom is 0.332 e. The minimum atomic E-state index is -1.61. The highest BCUT2D eigenvalue weighted by Crippen LogP contribution is 1.97. The zero-order valence-electron chi connectivity index (χ0n) is 5.30. The molecule has 0 amide bonds. The van der Waals surface area contributed by atoms with Gasteiger partial charge in [0, 0.05) is 4.91 Å². The lowest BCUT2D eigenvalue weighted by molar-refractivity contribution is -0.147. The van der Waals surface area contributed by atoms with E-state index in [-0.39, 0.29) is 0 Å². The first kappa shape index (κ1) is 8.74. The lowest BCUT2D eigenvalue weighted by Crippen LogP contribution is -2.29. The van der Waals surface area contributed by atoms with Crippen molar-refractivity contribution in [2.45, 2.75) is 19.1 Å². The Morgan fingerprint density at radius 3 is 2.60 bits per heavy atom. The van der Waals surface area contributed by atoms with Crippen molar-refractivity contribution >= 4 is 5.97 Å². The third-order valence-electron chi connectivity index (χ3n) is 0.944. The molecule has 0 spiro atoms. The van der Waals surface area contributed by atoms with Crippen LogP contribution in [0.5, 0.6) is 0 Å². The number of carboxylic acid groups (broad SMARTS) is 1. The zero-order chi connectivity index (χ0) is 8.15. The fourth-order valence-electron chi connectivity index (χ4n) is 0.351. The normalized spacial score (nSPS) is 15.0. The van der Waals surface area contributed by atoms with Crippen molar-refractivity contribution in [2.24, 2.45) is 5.11 Å². The van der Waals surface area contributed by atoms with Crippen molar-refractivity contribution in [3.05, 3.63) is 10.4 Å². The third-order valence-corrected chi connectivity index (χ3v) is 0.944. The van der Waals surface area contributed by atoms with Crippen molar-refractivity contribution in [1.82, 2.24) is 0 Å². The quantitative estimate of drug-likeness (QED) is 0.334. The van der Waals surface area contributed by atoms with E-state index in [9.17, 15) is 4.79 Å². The van der Waals surface area contributed by atoms with Crippen LogP contribution in [-0.4, -0.2) is 28.3 Å². The van der Waals surface area contributed by atoms with Crippen LogP contribution in [0.1, 0.15) is 6.92 Å². The van der Waals surface area contributed by atoms with Crippen LogP contribution < -0.4 is 0 Å². The highest BCUT2D eigenvalue weighted by atomic mass is 16.4. The number of rotatable bonds is 3. The second-order valence-corrected chi connectivity index (χ2v) is 1.73. The zero-order valence-corrected chi connectivity index (χ0v) is 5.30. The number of hydrogen-bond donors (Lipinski definition) is 2. The minimum Gasteiger partial charge on any atom is -0.479 e. The molecular formula is C4H7N3O3. The molecule has 0 rings (SSSR count). The van der Waals surface area contributed by atoms with E-state index in [2.05, 4.69) is 10.0 Å². The highest BCUT2D eigenvalue weighted by Gasteiger charge is 2.19. The van der Waals surface area contributed by atoms with Gasteiger partial charge < -0.3 is 10.2 Å². The number of aliphatic hydroxyl groups excluding tert-OH is 1. The largest absolute Gasteiger partial charge is 0.479 e. The number of nitrogens with zero attached hydrogens (tertiary/aromatic N) is 3. The third kappa shape index (κ3) is 2.34. The molecule has 0 aliphatic heterocycles. The van der Waals surface area contributed by atoms with E-state index >= 15 is 0 Å². The second kappa shape index (κ2) is 3.71. The first-order valence-electron chi connectivity index (χ1n) is 2.54. The Morgan fingerprint density at radius 1 is 1.80 bits per heavy atom. The van der Waals surface area contributed by atoms with Crippen molar-refractivity contribution in [3.8, 4) is 0 Å². The summed E-state index contributed by atoms with van der Waals surface area (Å²) in [5, 5.41) is 19.8. The van der Waals surface area contributed by atoms with Crippen molar-refractivity contribution < 1.29 is 15.0 Å². The molecule has 6 heteroatoms. The molecule has 0 aromatic heterocycles. The lowest BCUT2D eigenvalue weighted by Gasteiger charge is -2.06. The second-order valence-electron chi connectivity index (χ2n) is 1.73. The molecule has 0 aliphatic carbocycles. The van der Waals surface area contributed by atoms with Crippen LogP contribution in [0, 0.1) is 0 Å². The molecule has 0 radical (unpaired) electrons. The first-order chi connectivity index (χ1) is 4.59. The number of hydrogen-bond acceptors (Lipinski definition) is 3. The minimum absolute atomic E-state index is 0.928. The highest BCUT2D eigenvalue weighted by molar-refractivity contribution is 5.72. The van der Waals surface area contributed by atoms with Crippen LogP contribution in [0.15, 0.2) is 5.11 Å². The van der Waals surface area contributed by atoms with Gasteiger partial charge in [-0.25, -0.2) is 4.79 Å². The topological polar surface area (TPSA) is 106 Å². The van der Waals surface area contributed by atoms with Crippen molar-refractivity contribution in [3.63, 3.8) is 0 Å². The van der Waals surface area contributed by atoms with Gasteiger partial charge in [-0.1, -0.05) is 12.0 Å². The average molecular weight is 145 g/mol. The molecule has 0 saturated heterocycles. The van der Waals surface area contributed by atoms with E-state index < -0.39 is 18.1 Å². The molecule has 10 heavy (non-hydrogen) atoms. The molecule has 2 atom stereocenters. The maximum atomic E-state index is 9.98. The summed E-state index contributed by atoms with van der Waals surface area (Å²) in [5.74, 6) is -1.39. The number of carbonyl (C=O) groups is 1. The molecule has 56 valence electrons. The van der Waals surface area contributed by atoms with Crippen LogP contribution in [0.25, 0.3) is 10.4 Å². The lowest BCUT2D eigenvalue weighted by atomic mass is 10.2. The molecule has 2 N–H and O–H groups in total. The molecule has 0 unspecified atom stereocenters. The summed E-state index contributed by atoms with van der Waals surface area (Å²) in [6.45, 7) is 1.32. The van der Waals surface area contributed by atoms with Gasteiger partial charge in [0.25, 0.3) is 0 Å². The van der Waals surface area contributed by atoms with Crippen LogP contribution in [0.2, 0.25) is 0 Å². The summed E-state index contributed by atoms with van der Waals surface area (Å²) in [4.78, 5) is 12.3. The number of carboxylic acids is 1. The van der Waals surface area contributed by atoms with Crippen molar-refractivity contribution in [2.75, 3.05) is 0 Å². The molecule has 0 aromatic rings. The van der Waals surface area contributed by atoms with Crippen LogP contribution in [0.3, 0.4) is 0 Å². The smallest absolute Gasteiger partial charge is 0.332 e. The van der Waals surface area contributed by atoms with E-state index in [4.69, 9.17) is 15.7 Å². The summed E-state index contributed by atoms with van der Waals surface area (Å²) in [7, 11) is 0. The SMILES string of the molecule is C[C@H](N=[N+]=[N-])[C@@H](O)C(=O)O. The summed E-state index contributed by atoms with van der Waals surface area (Å²) >= 11 is 0. The van der Waals surface area contributed by atoms with E-state index in [0.717, 1.165) is 0 Å². The molecular weight excluding hydrogens is 138 g/mol. The van der Waals surface area contributed by atoms with Gasteiger partial charge in [0.15, 0.2) is 6.10 Å². The molecule has 0 aromatic carbocycles. The van der Waals surface area contributed by atoms with Gasteiger partial charge in [0.05, 0.1) is 6.04 Å². The van der Waals surface area contributed by atoms with E-state index in [0.29, 0.717) is 0 Å². The first-order valence-corrected chi connectivity index (χ1v) is 2.54. The van der Waals surface area contributed by atoms with Gasteiger partial charge in [-0.15, -0.1) is 0 Å².